The Morgan fingerprint density at radius 1 is 1.17 bits per heavy atom. The lowest BCUT2D eigenvalue weighted by molar-refractivity contribution is -0.676. The van der Waals surface area contributed by atoms with Crippen molar-refractivity contribution in [3.05, 3.63) is 58.3 Å². The Morgan fingerprint density at radius 3 is 2.58 bits per heavy atom. The molecule has 3 nitrogen and oxygen atoms in total. The third-order valence-electron chi connectivity index (χ3n) is 4.93. The first-order valence-corrected chi connectivity index (χ1v) is 9.81. The summed E-state index contributed by atoms with van der Waals surface area (Å²) in [5.41, 5.74) is 1.25. The van der Waals surface area contributed by atoms with Gasteiger partial charge in [-0.25, -0.2) is 0 Å². The monoisotopic (exact) mass is 343 g/mol. The number of nitrogens with one attached hydrogen (secondary N) is 1. The number of thiophene rings is 1. The van der Waals surface area contributed by atoms with Gasteiger partial charge in [0.05, 0.1) is 4.88 Å². The second-order valence-electron chi connectivity index (χ2n) is 6.87. The van der Waals surface area contributed by atoms with Crippen LogP contribution < -0.4 is 10.6 Å². The first-order valence-electron chi connectivity index (χ1n) is 8.93. The van der Waals surface area contributed by atoms with Gasteiger partial charge in [-0.15, -0.1) is 11.3 Å². The van der Waals surface area contributed by atoms with E-state index in [-0.39, 0.29) is 11.9 Å². The highest BCUT2D eigenvalue weighted by molar-refractivity contribution is 7.10. The summed E-state index contributed by atoms with van der Waals surface area (Å²) in [7, 11) is 0. The van der Waals surface area contributed by atoms with Crippen molar-refractivity contribution in [2.45, 2.75) is 44.7 Å². The number of benzene rings is 1. The maximum Gasteiger partial charge on any atom is 0.275 e. The largest absolute Gasteiger partial charge is 0.348 e. The summed E-state index contributed by atoms with van der Waals surface area (Å²) in [5.74, 6) is 0.970. The van der Waals surface area contributed by atoms with Gasteiger partial charge in [-0.3, -0.25) is 4.79 Å². The molecule has 24 heavy (non-hydrogen) atoms. The third kappa shape index (κ3) is 4.68. The quantitative estimate of drug-likeness (QED) is 0.832. The Balaban J connectivity index is 1.57. The first-order chi connectivity index (χ1) is 11.7. The van der Waals surface area contributed by atoms with Crippen molar-refractivity contribution in [2.75, 3.05) is 6.54 Å². The fourth-order valence-corrected chi connectivity index (χ4v) is 4.31. The van der Waals surface area contributed by atoms with Crippen LogP contribution in [0.1, 0.15) is 49.1 Å². The van der Waals surface area contributed by atoms with Crippen LogP contribution in [0.15, 0.2) is 47.8 Å². The van der Waals surface area contributed by atoms with Crippen LogP contribution in [-0.2, 0) is 4.79 Å². The van der Waals surface area contributed by atoms with Crippen LogP contribution in [0.4, 0.5) is 0 Å². The molecule has 3 N–H and O–H groups in total. The van der Waals surface area contributed by atoms with Crippen molar-refractivity contribution >= 4 is 17.2 Å². The number of hydrogen-bond acceptors (Lipinski definition) is 2. The zero-order valence-electron chi connectivity index (χ0n) is 14.3. The van der Waals surface area contributed by atoms with E-state index in [0.29, 0.717) is 12.6 Å². The van der Waals surface area contributed by atoms with E-state index < -0.39 is 0 Å². The highest BCUT2D eigenvalue weighted by Gasteiger charge is 2.23. The van der Waals surface area contributed by atoms with Crippen molar-refractivity contribution in [2.24, 2.45) is 5.92 Å². The second-order valence-corrected chi connectivity index (χ2v) is 7.85. The van der Waals surface area contributed by atoms with Gasteiger partial charge in [-0.05, 0) is 43.0 Å². The van der Waals surface area contributed by atoms with Crippen molar-refractivity contribution in [1.29, 1.82) is 0 Å². The van der Waals surface area contributed by atoms with E-state index in [9.17, 15) is 4.79 Å². The summed E-state index contributed by atoms with van der Waals surface area (Å²) < 4.78 is 0. The van der Waals surface area contributed by atoms with E-state index in [4.69, 9.17) is 0 Å². The molecule has 1 amide bonds. The van der Waals surface area contributed by atoms with E-state index in [1.807, 2.05) is 6.07 Å². The zero-order chi connectivity index (χ0) is 16.8. The average Bonchev–Trinajstić information content (AvgIpc) is 3.12. The molecular formula is C20H27N2OS+. The molecular weight excluding hydrogens is 316 g/mol. The van der Waals surface area contributed by atoms with Gasteiger partial charge in [0.1, 0.15) is 6.04 Å². The van der Waals surface area contributed by atoms with Crippen LogP contribution in [0.2, 0.25) is 0 Å². The number of carbonyl (C=O) groups excluding carboxylic acids is 1. The smallest absolute Gasteiger partial charge is 0.275 e. The standard InChI is InChI=1S/C20H26N2OS/c1-15-9-11-17(12-10-15)22-19(23)14-21-20(18-8-5-13-24-18)16-6-3-2-4-7-16/h2-8,13,15,17,20-21H,9-12,14H2,1H3,(H,22,23)/p+1/t15?,17?,20-/m1/s1. The molecule has 1 aliphatic rings. The molecule has 1 fully saturated rings. The van der Waals surface area contributed by atoms with E-state index >= 15 is 0 Å². The van der Waals surface area contributed by atoms with Crippen LogP contribution in [0, 0.1) is 5.92 Å². The molecule has 0 bridgehead atoms. The molecule has 3 rings (SSSR count). The summed E-state index contributed by atoms with van der Waals surface area (Å²) in [6.07, 6.45) is 4.72. The molecule has 1 aliphatic carbocycles. The van der Waals surface area contributed by atoms with Crippen LogP contribution >= 0.6 is 11.3 Å². The lowest BCUT2D eigenvalue weighted by Gasteiger charge is -2.26. The lowest BCUT2D eigenvalue weighted by Crippen LogP contribution is -2.87. The Kier molecular flexibility index (Phi) is 6.05. The summed E-state index contributed by atoms with van der Waals surface area (Å²) in [6, 6.07) is 15.2. The molecule has 0 saturated heterocycles. The zero-order valence-corrected chi connectivity index (χ0v) is 15.1. The van der Waals surface area contributed by atoms with Crippen LogP contribution in [0.3, 0.4) is 0 Å². The maximum absolute atomic E-state index is 12.4. The normalized spacial score (nSPS) is 22.0. The van der Waals surface area contributed by atoms with E-state index in [0.717, 1.165) is 18.8 Å². The fraction of sp³-hybridized carbons (Fsp3) is 0.450. The van der Waals surface area contributed by atoms with Gasteiger partial charge >= 0.3 is 0 Å². The molecule has 1 heterocycles. The summed E-state index contributed by atoms with van der Waals surface area (Å²) in [4.78, 5) is 13.7. The molecule has 1 saturated carbocycles. The van der Waals surface area contributed by atoms with E-state index in [1.165, 1.54) is 23.3 Å². The fourth-order valence-electron chi connectivity index (χ4n) is 3.46. The molecule has 0 radical (unpaired) electrons. The van der Waals surface area contributed by atoms with Gasteiger partial charge in [0.15, 0.2) is 6.54 Å². The lowest BCUT2D eigenvalue weighted by atomic mass is 9.87. The van der Waals surface area contributed by atoms with E-state index in [1.54, 1.807) is 11.3 Å². The van der Waals surface area contributed by atoms with Crippen LogP contribution in [-0.4, -0.2) is 18.5 Å². The maximum atomic E-state index is 12.4. The summed E-state index contributed by atoms with van der Waals surface area (Å²) in [6.45, 7) is 2.78. The van der Waals surface area contributed by atoms with Crippen molar-refractivity contribution in [1.82, 2.24) is 5.32 Å². The van der Waals surface area contributed by atoms with Gasteiger partial charge in [-0.2, -0.15) is 0 Å². The van der Waals surface area contributed by atoms with Gasteiger partial charge in [-0.1, -0.05) is 43.3 Å². The Hall–Kier alpha value is -1.65. The van der Waals surface area contributed by atoms with Crippen molar-refractivity contribution < 1.29 is 10.1 Å². The summed E-state index contributed by atoms with van der Waals surface area (Å²) in [5, 5.41) is 7.48. The number of nitrogens with two attached hydrogens (primary N) is 1. The molecule has 4 heteroatoms. The number of quaternary nitrogens is 1. The Morgan fingerprint density at radius 2 is 1.92 bits per heavy atom. The molecule has 1 aromatic carbocycles. The molecule has 2 aromatic rings. The van der Waals surface area contributed by atoms with Gasteiger partial charge in [0, 0.05) is 11.6 Å². The molecule has 1 atom stereocenters. The average molecular weight is 344 g/mol. The first kappa shape index (κ1) is 17.2. The number of carbonyl (C=O) groups is 1. The molecule has 0 spiro atoms. The number of hydrogen-bond donors (Lipinski definition) is 2. The minimum atomic E-state index is 0.159. The third-order valence-corrected chi connectivity index (χ3v) is 5.88. The SMILES string of the molecule is CC1CCC(NC(=O)C[NH2+][C@H](c2ccccc2)c2cccs2)CC1. The molecule has 0 aliphatic heterocycles. The molecule has 0 unspecified atom stereocenters. The highest BCUT2D eigenvalue weighted by Crippen LogP contribution is 2.24. The van der Waals surface area contributed by atoms with Gasteiger partial charge < -0.3 is 10.6 Å². The highest BCUT2D eigenvalue weighted by atomic mass is 32.1. The molecule has 128 valence electrons. The van der Waals surface area contributed by atoms with Gasteiger partial charge in [0.2, 0.25) is 0 Å². The van der Waals surface area contributed by atoms with Crippen LogP contribution in [0.5, 0.6) is 0 Å². The van der Waals surface area contributed by atoms with Crippen LogP contribution in [0.25, 0.3) is 0 Å². The number of amides is 1. The molecule has 1 aromatic heterocycles. The van der Waals surface area contributed by atoms with E-state index in [2.05, 4.69) is 59.3 Å². The Bertz CT molecular complexity index is 618. The topological polar surface area (TPSA) is 45.7 Å². The Labute approximate surface area is 148 Å². The minimum absolute atomic E-state index is 0.159. The summed E-state index contributed by atoms with van der Waals surface area (Å²) >= 11 is 1.75. The predicted octanol–water partition coefficient (Wildman–Crippen LogP) is 3.10. The predicted molar refractivity (Wildman–Crippen MR) is 99.0 cm³/mol. The number of rotatable bonds is 6. The van der Waals surface area contributed by atoms with Crippen molar-refractivity contribution in [3.63, 3.8) is 0 Å². The van der Waals surface area contributed by atoms with Gasteiger partial charge in [0.25, 0.3) is 5.91 Å². The second kappa shape index (κ2) is 8.45. The van der Waals surface area contributed by atoms with Crippen molar-refractivity contribution in [3.8, 4) is 0 Å². The minimum Gasteiger partial charge on any atom is -0.348 e.